The second-order valence-electron chi connectivity index (χ2n) is 3.55. The standard InChI is InChI=1S/C10H11BrClNOS/c11-9-4-3-8(15-9)10(14)13-5-1-2-7(13)6-12/h3-4,7H,1-2,5-6H2. The second-order valence-corrected chi connectivity index (χ2v) is 6.32. The quantitative estimate of drug-likeness (QED) is 0.767. The van der Waals surface area contributed by atoms with Gasteiger partial charge >= 0.3 is 0 Å². The molecule has 15 heavy (non-hydrogen) atoms. The van der Waals surface area contributed by atoms with Gasteiger partial charge in [-0.1, -0.05) is 0 Å². The molecule has 5 heteroatoms. The molecule has 1 unspecified atom stereocenters. The van der Waals surface area contributed by atoms with Crippen molar-refractivity contribution in [3.63, 3.8) is 0 Å². The van der Waals surface area contributed by atoms with E-state index in [1.807, 2.05) is 17.0 Å². The predicted octanol–water partition coefficient (Wildman–Crippen LogP) is 3.35. The zero-order chi connectivity index (χ0) is 10.8. The fourth-order valence-electron chi connectivity index (χ4n) is 1.83. The van der Waals surface area contributed by atoms with Crippen LogP contribution in [-0.2, 0) is 0 Å². The Labute approximate surface area is 106 Å². The number of carbonyl (C=O) groups is 1. The summed E-state index contributed by atoms with van der Waals surface area (Å²) in [4.78, 5) is 14.8. The summed E-state index contributed by atoms with van der Waals surface area (Å²) in [5.41, 5.74) is 0. The fourth-order valence-corrected chi connectivity index (χ4v) is 3.50. The minimum Gasteiger partial charge on any atom is -0.334 e. The van der Waals surface area contributed by atoms with Gasteiger partial charge in [0, 0.05) is 18.5 Å². The number of carbonyl (C=O) groups excluding carboxylic acids is 1. The van der Waals surface area contributed by atoms with Crippen LogP contribution in [0, 0.1) is 0 Å². The Morgan fingerprint density at radius 1 is 1.67 bits per heavy atom. The van der Waals surface area contributed by atoms with Gasteiger partial charge in [-0.25, -0.2) is 0 Å². The number of alkyl halides is 1. The summed E-state index contributed by atoms with van der Waals surface area (Å²) in [5, 5.41) is 0. The Kier molecular flexibility index (Phi) is 3.69. The first-order valence-corrected chi connectivity index (χ1v) is 6.99. The number of amides is 1. The lowest BCUT2D eigenvalue weighted by molar-refractivity contribution is 0.0754. The third kappa shape index (κ3) is 2.37. The number of hydrogen-bond acceptors (Lipinski definition) is 2. The number of hydrogen-bond donors (Lipinski definition) is 0. The molecule has 0 radical (unpaired) electrons. The lowest BCUT2D eigenvalue weighted by Crippen LogP contribution is -2.36. The van der Waals surface area contributed by atoms with E-state index in [-0.39, 0.29) is 11.9 Å². The molecular weight excluding hydrogens is 298 g/mol. The molecule has 1 atom stereocenters. The SMILES string of the molecule is O=C(c1ccc(Br)s1)N1CCCC1CCl. The largest absolute Gasteiger partial charge is 0.334 e. The molecule has 82 valence electrons. The Hall–Kier alpha value is -0.0600. The highest BCUT2D eigenvalue weighted by atomic mass is 79.9. The number of likely N-dealkylation sites (tertiary alicyclic amines) is 1. The summed E-state index contributed by atoms with van der Waals surface area (Å²) in [5.74, 6) is 0.659. The summed E-state index contributed by atoms with van der Waals surface area (Å²) < 4.78 is 0.993. The van der Waals surface area contributed by atoms with Crippen molar-refractivity contribution in [2.24, 2.45) is 0 Å². The molecular formula is C10H11BrClNOS. The van der Waals surface area contributed by atoms with Gasteiger partial charge in [-0.05, 0) is 40.9 Å². The molecule has 0 saturated carbocycles. The van der Waals surface area contributed by atoms with E-state index in [2.05, 4.69) is 15.9 Å². The van der Waals surface area contributed by atoms with Gasteiger partial charge in [-0.3, -0.25) is 4.79 Å². The van der Waals surface area contributed by atoms with Crippen molar-refractivity contribution in [3.05, 3.63) is 20.8 Å². The first-order valence-electron chi connectivity index (χ1n) is 4.84. The van der Waals surface area contributed by atoms with Gasteiger partial charge in [0.05, 0.1) is 8.66 Å². The Bertz CT molecular complexity index is 368. The van der Waals surface area contributed by atoms with Crippen molar-refractivity contribution in [1.29, 1.82) is 0 Å². The predicted molar refractivity (Wildman–Crippen MR) is 66.8 cm³/mol. The van der Waals surface area contributed by atoms with Crippen LogP contribution in [0.1, 0.15) is 22.5 Å². The third-order valence-electron chi connectivity index (χ3n) is 2.60. The van der Waals surface area contributed by atoms with Crippen molar-refractivity contribution < 1.29 is 4.79 Å². The van der Waals surface area contributed by atoms with Crippen molar-refractivity contribution in [1.82, 2.24) is 4.90 Å². The van der Waals surface area contributed by atoms with E-state index in [4.69, 9.17) is 11.6 Å². The van der Waals surface area contributed by atoms with Crippen LogP contribution in [0.3, 0.4) is 0 Å². The van der Waals surface area contributed by atoms with Gasteiger partial charge in [0.15, 0.2) is 0 Å². The molecule has 1 aliphatic heterocycles. The smallest absolute Gasteiger partial charge is 0.264 e. The molecule has 1 aliphatic rings. The van der Waals surface area contributed by atoms with E-state index in [0.717, 1.165) is 28.0 Å². The summed E-state index contributed by atoms with van der Waals surface area (Å²) in [6.07, 6.45) is 2.09. The molecule has 1 amide bonds. The highest BCUT2D eigenvalue weighted by Gasteiger charge is 2.29. The molecule has 1 saturated heterocycles. The van der Waals surface area contributed by atoms with Crippen molar-refractivity contribution in [2.75, 3.05) is 12.4 Å². The summed E-state index contributed by atoms with van der Waals surface area (Å²) in [6, 6.07) is 3.99. The summed E-state index contributed by atoms with van der Waals surface area (Å²) >= 11 is 10.7. The zero-order valence-corrected chi connectivity index (χ0v) is 11.2. The monoisotopic (exact) mass is 307 g/mol. The second kappa shape index (κ2) is 4.85. The number of rotatable bonds is 2. The summed E-state index contributed by atoms with van der Waals surface area (Å²) in [7, 11) is 0. The maximum atomic E-state index is 12.1. The lowest BCUT2D eigenvalue weighted by Gasteiger charge is -2.21. The van der Waals surface area contributed by atoms with Crippen LogP contribution in [-0.4, -0.2) is 29.3 Å². The average molecular weight is 309 g/mol. The van der Waals surface area contributed by atoms with Crippen LogP contribution in [0.15, 0.2) is 15.9 Å². The van der Waals surface area contributed by atoms with Crippen molar-refractivity contribution >= 4 is 44.8 Å². The van der Waals surface area contributed by atoms with Gasteiger partial charge in [0.1, 0.15) is 0 Å². The van der Waals surface area contributed by atoms with E-state index in [1.54, 1.807) is 0 Å². The van der Waals surface area contributed by atoms with E-state index in [0.29, 0.717) is 5.88 Å². The van der Waals surface area contributed by atoms with Crippen molar-refractivity contribution in [2.45, 2.75) is 18.9 Å². The molecule has 1 aromatic rings. The van der Waals surface area contributed by atoms with Gasteiger partial charge in [-0.15, -0.1) is 22.9 Å². The number of nitrogens with zero attached hydrogens (tertiary/aromatic N) is 1. The van der Waals surface area contributed by atoms with Gasteiger partial charge < -0.3 is 4.90 Å². The van der Waals surface area contributed by atoms with Crippen LogP contribution in [0.2, 0.25) is 0 Å². The molecule has 0 spiro atoms. The molecule has 0 bridgehead atoms. The molecule has 0 aromatic carbocycles. The minimum atomic E-state index is 0.119. The fraction of sp³-hybridized carbons (Fsp3) is 0.500. The zero-order valence-electron chi connectivity index (χ0n) is 8.08. The van der Waals surface area contributed by atoms with Gasteiger partial charge in [0.2, 0.25) is 0 Å². The highest BCUT2D eigenvalue weighted by Crippen LogP contribution is 2.27. The molecule has 1 aromatic heterocycles. The van der Waals surface area contributed by atoms with E-state index in [1.165, 1.54) is 11.3 Å². The topological polar surface area (TPSA) is 20.3 Å². The van der Waals surface area contributed by atoms with E-state index < -0.39 is 0 Å². The normalized spacial score (nSPS) is 20.9. The molecule has 2 rings (SSSR count). The van der Waals surface area contributed by atoms with E-state index in [9.17, 15) is 4.79 Å². The average Bonchev–Trinajstić information content (AvgIpc) is 2.84. The van der Waals surface area contributed by atoms with Crippen LogP contribution < -0.4 is 0 Å². The maximum absolute atomic E-state index is 12.1. The van der Waals surface area contributed by atoms with Crippen LogP contribution >= 0.6 is 38.9 Å². The van der Waals surface area contributed by atoms with Gasteiger partial charge in [-0.2, -0.15) is 0 Å². The lowest BCUT2D eigenvalue weighted by atomic mass is 10.2. The first kappa shape index (κ1) is 11.4. The van der Waals surface area contributed by atoms with Crippen LogP contribution in [0.25, 0.3) is 0 Å². The third-order valence-corrected chi connectivity index (χ3v) is 4.57. The van der Waals surface area contributed by atoms with Gasteiger partial charge in [0.25, 0.3) is 5.91 Å². The minimum absolute atomic E-state index is 0.119. The first-order chi connectivity index (χ1) is 7.22. The summed E-state index contributed by atoms with van der Waals surface area (Å²) in [6.45, 7) is 0.839. The highest BCUT2D eigenvalue weighted by molar-refractivity contribution is 9.11. The van der Waals surface area contributed by atoms with Crippen LogP contribution in [0.5, 0.6) is 0 Å². The Balaban J connectivity index is 2.13. The maximum Gasteiger partial charge on any atom is 0.264 e. The molecule has 1 fully saturated rings. The Morgan fingerprint density at radius 2 is 2.47 bits per heavy atom. The molecule has 2 nitrogen and oxygen atoms in total. The molecule has 0 N–H and O–H groups in total. The number of thiophene rings is 1. The number of halogens is 2. The molecule has 0 aliphatic carbocycles. The Morgan fingerprint density at radius 3 is 3.07 bits per heavy atom. The van der Waals surface area contributed by atoms with E-state index >= 15 is 0 Å². The molecule has 2 heterocycles. The van der Waals surface area contributed by atoms with Crippen molar-refractivity contribution in [3.8, 4) is 0 Å². The van der Waals surface area contributed by atoms with Crippen LogP contribution in [0.4, 0.5) is 0 Å².